The first-order chi connectivity index (χ1) is 10.2. The van der Waals surface area contributed by atoms with Crippen molar-refractivity contribution >= 4 is 5.78 Å². The van der Waals surface area contributed by atoms with E-state index in [9.17, 15) is 4.79 Å². The van der Waals surface area contributed by atoms with Crippen molar-refractivity contribution in [3.63, 3.8) is 0 Å². The fourth-order valence-electron chi connectivity index (χ4n) is 1.07. The van der Waals surface area contributed by atoms with E-state index in [1.807, 2.05) is 0 Å². The van der Waals surface area contributed by atoms with Crippen LogP contribution in [0.4, 0.5) is 0 Å². The number of carbonyl (C=O) groups is 1. The molecule has 0 spiro atoms. The van der Waals surface area contributed by atoms with Crippen molar-refractivity contribution in [1.82, 2.24) is 0 Å². The van der Waals surface area contributed by atoms with Crippen LogP contribution < -0.4 is 42.0 Å². The molecule has 0 rings (SSSR count). The Bertz CT molecular complexity index is 289. The second-order valence-electron chi connectivity index (χ2n) is 4.30. The van der Waals surface area contributed by atoms with Crippen LogP contribution in [0, 0.1) is 0 Å². The van der Waals surface area contributed by atoms with Gasteiger partial charge < -0.3 is 63.5 Å². The van der Waals surface area contributed by atoms with Crippen LogP contribution in [0.3, 0.4) is 0 Å². The third-order valence-corrected chi connectivity index (χ3v) is 2.55. The number of halogens is 1. The summed E-state index contributed by atoms with van der Waals surface area (Å²) in [6, 6.07) is 0. The number of aliphatic hydroxyl groups excluding tert-OH is 10. The fourth-order valence-corrected chi connectivity index (χ4v) is 1.07. The number of aliphatic hydroxyl groups is 10. The largest absolute Gasteiger partial charge is 1.00 e. The van der Waals surface area contributed by atoms with Crippen molar-refractivity contribution in [2.75, 3.05) is 26.4 Å². The number of ketones is 1. The Morgan fingerprint density at radius 3 is 1.21 bits per heavy atom. The average molecular weight is 391 g/mol. The zero-order chi connectivity index (χ0) is 17.9. The molecule has 0 aromatic heterocycles. The molecule has 24 heavy (non-hydrogen) atoms. The molecule has 10 N–H and O–H groups in total. The average Bonchev–Trinajstić information content (AvgIpc) is 2.56. The summed E-state index contributed by atoms with van der Waals surface area (Å²) < 4.78 is 0. The predicted octanol–water partition coefficient (Wildman–Crippen LogP) is -12.3. The van der Waals surface area contributed by atoms with Gasteiger partial charge in [-0.1, -0.05) is 0 Å². The zero-order valence-electron chi connectivity index (χ0n) is 13.1. The van der Waals surface area contributed by atoms with Crippen LogP contribution in [0.1, 0.15) is 0 Å². The molecule has 0 aliphatic rings. The number of hydrogen-bond donors (Lipinski definition) is 10. The van der Waals surface area contributed by atoms with E-state index in [2.05, 4.69) is 0 Å². The van der Waals surface area contributed by atoms with Crippen LogP contribution in [0.15, 0.2) is 0 Å². The minimum atomic E-state index is -1.86. The molecule has 142 valence electrons. The predicted molar refractivity (Wildman–Crippen MR) is 69.4 cm³/mol. The number of rotatable bonds is 9. The van der Waals surface area contributed by atoms with Gasteiger partial charge in [0, 0.05) is 0 Å². The summed E-state index contributed by atoms with van der Waals surface area (Å²) in [5, 5.41) is 85.6. The molecule has 0 saturated carbocycles. The molecular weight excluding hydrogens is 367 g/mol. The molecule has 0 aromatic carbocycles. The fraction of sp³-hybridized carbons (Fsp3) is 0.909. The van der Waals surface area contributed by atoms with Gasteiger partial charge in [0.1, 0.15) is 43.2 Å². The van der Waals surface area contributed by atoms with E-state index in [1.54, 1.807) is 0 Å². The van der Waals surface area contributed by atoms with E-state index in [4.69, 9.17) is 51.1 Å². The van der Waals surface area contributed by atoms with Gasteiger partial charge in [0.25, 0.3) is 0 Å². The van der Waals surface area contributed by atoms with Gasteiger partial charge in [-0.2, -0.15) is 0 Å². The number of Topliss-reactive ketones (excluding diaryl/α,β-unsaturated/α-hetero) is 1. The maximum atomic E-state index is 10.5. The van der Waals surface area contributed by atoms with Gasteiger partial charge >= 0.3 is 29.6 Å². The molecular formula is C11H24ClNaO11. The van der Waals surface area contributed by atoms with Crippen LogP contribution in [0.25, 0.3) is 0 Å². The van der Waals surface area contributed by atoms with Crippen molar-refractivity contribution in [2.24, 2.45) is 0 Å². The minimum Gasteiger partial charge on any atom is -1.00 e. The van der Waals surface area contributed by atoms with Crippen LogP contribution >= 0.6 is 0 Å². The van der Waals surface area contributed by atoms with Gasteiger partial charge in [0.2, 0.25) is 0 Å². The molecule has 0 fully saturated rings. The molecule has 0 radical (unpaired) electrons. The maximum absolute atomic E-state index is 10.5. The molecule has 0 saturated heterocycles. The molecule has 11 nitrogen and oxygen atoms in total. The summed E-state index contributed by atoms with van der Waals surface area (Å²) >= 11 is 0. The molecule has 6 atom stereocenters. The minimum absolute atomic E-state index is 0. The van der Waals surface area contributed by atoms with E-state index in [0.29, 0.717) is 0 Å². The van der Waals surface area contributed by atoms with Crippen LogP contribution in [-0.2, 0) is 4.79 Å². The smallest absolute Gasteiger partial charge is 1.00 e. The number of carbonyl (C=O) groups excluding carboxylic acids is 1. The van der Waals surface area contributed by atoms with Crippen molar-refractivity contribution < 1.29 is 97.8 Å². The van der Waals surface area contributed by atoms with E-state index in [0.717, 1.165) is 0 Å². The van der Waals surface area contributed by atoms with Gasteiger partial charge in [-0.25, -0.2) is 0 Å². The van der Waals surface area contributed by atoms with E-state index >= 15 is 0 Å². The summed E-state index contributed by atoms with van der Waals surface area (Å²) in [6.45, 7) is -2.97. The van der Waals surface area contributed by atoms with Gasteiger partial charge in [-0.15, -0.1) is 0 Å². The summed E-state index contributed by atoms with van der Waals surface area (Å²) in [4.78, 5) is 10.5. The quantitative estimate of drug-likeness (QED) is 0.166. The third kappa shape index (κ3) is 12.9. The van der Waals surface area contributed by atoms with Gasteiger partial charge in [0.05, 0.1) is 19.8 Å². The Labute approximate surface area is 166 Å². The van der Waals surface area contributed by atoms with Crippen LogP contribution in [-0.4, -0.2) is 120 Å². The summed E-state index contributed by atoms with van der Waals surface area (Å²) in [5.74, 6) is -1.00. The SMILES string of the molecule is O=C(CO)[C@H](O)[C@@H](O)[C@H](O)CO.OC[C@@H](O)[C@H](O)[C@@H](O)CO.[Cl-].[Na+]. The van der Waals surface area contributed by atoms with Crippen LogP contribution in [0.2, 0.25) is 0 Å². The first kappa shape index (κ1) is 32.3. The van der Waals surface area contributed by atoms with E-state index in [1.165, 1.54) is 0 Å². The third-order valence-electron chi connectivity index (χ3n) is 2.55. The van der Waals surface area contributed by atoms with Gasteiger partial charge in [-0.05, 0) is 0 Å². The maximum Gasteiger partial charge on any atom is 1.00 e. The van der Waals surface area contributed by atoms with Crippen LogP contribution in [0.5, 0.6) is 0 Å². The molecule has 0 aliphatic heterocycles. The second kappa shape index (κ2) is 18.4. The summed E-state index contributed by atoms with van der Waals surface area (Å²) in [5.41, 5.74) is 0. The standard InChI is InChI=1S/C6H12O6.C5H12O5.ClH.Na/c7-1-3(9)5(11)6(12)4(10)2-8;6-1-3(8)5(10)4(9)2-7;;/h3,5-9,11-12H,1-2H2;3-10H,1-2H2;1H;/q;;;+1/p-1/t3-,5+,6+;3-,4+,5+;;/m1.../s1. The van der Waals surface area contributed by atoms with Crippen molar-refractivity contribution in [1.29, 1.82) is 0 Å². The van der Waals surface area contributed by atoms with Crippen molar-refractivity contribution in [3.8, 4) is 0 Å². The normalized spacial score (nSPS) is 17.6. The van der Waals surface area contributed by atoms with Gasteiger partial charge in [-0.3, -0.25) is 4.79 Å². The first-order valence-corrected chi connectivity index (χ1v) is 6.22. The van der Waals surface area contributed by atoms with E-state index in [-0.39, 0.29) is 42.0 Å². The van der Waals surface area contributed by atoms with Crippen molar-refractivity contribution in [2.45, 2.75) is 36.6 Å². The molecule has 0 heterocycles. The summed E-state index contributed by atoms with van der Waals surface area (Å²) in [6.07, 6.45) is -9.51. The Kier molecular flexibility index (Phi) is 24.7. The Morgan fingerprint density at radius 1 is 0.667 bits per heavy atom. The number of hydrogen-bond acceptors (Lipinski definition) is 11. The zero-order valence-corrected chi connectivity index (χ0v) is 15.8. The summed E-state index contributed by atoms with van der Waals surface area (Å²) in [7, 11) is 0. The molecule has 0 unspecified atom stereocenters. The molecule has 0 aromatic rings. The molecule has 0 bridgehead atoms. The Hall–Kier alpha value is 0.560. The monoisotopic (exact) mass is 390 g/mol. The molecule has 0 aliphatic carbocycles. The Morgan fingerprint density at radius 2 is 0.958 bits per heavy atom. The molecule has 13 heteroatoms. The topological polar surface area (TPSA) is 219 Å². The first-order valence-electron chi connectivity index (χ1n) is 6.22. The Balaban J connectivity index is -0.000000156. The molecule has 0 amide bonds. The van der Waals surface area contributed by atoms with E-state index < -0.39 is 68.8 Å². The van der Waals surface area contributed by atoms with Gasteiger partial charge in [0.15, 0.2) is 5.78 Å². The van der Waals surface area contributed by atoms with Crippen molar-refractivity contribution in [3.05, 3.63) is 0 Å². The second-order valence-corrected chi connectivity index (χ2v) is 4.30.